The molecular weight excluding hydrogens is 316 g/mol. The fourth-order valence-corrected chi connectivity index (χ4v) is 3.70. The van der Waals surface area contributed by atoms with E-state index in [-0.39, 0.29) is 0 Å². The monoisotopic (exact) mass is 334 g/mol. The smallest absolute Gasteiger partial charge is 0.160 e. The summed E-state index contributed by atoms with van der Waals surface area (Å²) >= 11 is 0. The highest BCUT2D eigenvalue weighted by Gasteiger charge is 2.24. The Labute approximate surface area is 153 Å². The molecule has 3 aromatic carbocycles. The van der Waals surface area contributed by atoms with Gasteiger partial charge >= 0.3 is 0 Å². The van der Waals surface area contributed by atoms with Crippen LogP contribution in [0.2, 0.25) is 0 Å². The summed E-state index contributed by atoms with van der Waals surface area (Å²) < 4.78 is 0. The molecule has 1 aliphatic carbocycles. The summed E-state index contributed by atoms with van der Waals surface area (Å²) in [6, 6.07) is 27.4. The minimum Gasteiger partial charge on any atom is -0.233 e. The average molecular weight is 334 g/mol. The van der Waals surface area contributed by atoms with Gasteiger partial charge in [0.25, 0.3) is 0 Å². The lowest BCUT2D eigenvalue weighted by molar-refractivity contribution is 1.06. The number of aromatic nitrogens is 2. The van der Waals surface area contributed by atoms with Crippen LogP contribution < -0.4 is 0 Å². The Kier molecular flexibility index (Phi) is 3.42. The number of aryl methyl sites for hydroxylation is 1. The third-order valence-electron chi connectivity index (χ3n) is 5.09. The van der Waals surface area contributed by atoms with E-state index in [4.69, 9.17) is 9.97 Å². The van der Waals surface area contributed by atoms with Crippen LogP contribution in [-0.4, -0.2) is 9.97 Å². The van der Waals surface area contributed by atoms with Crippen LogP contribution in [0.1, 0.15) is 16.8 Å². The van der Waals surface area contributed by atoms with E-state index in [0.29, 0.717) is 0 Å². The van der Waals surface area contributed by atoms with E-state index in [0.717, 1.165) is 29.2 Å². The van der Waals surface area contributed by atoms with Gasteiger partial charge < -0.3 is 0 Å². The maximum atomic E-state index is 4.95. The molecule has 0 saturated carbocycles. The fraction of sp³-hybridized carbons (Fsp3) is 0.0833. The molecule has 26 heavy (non-hydrogen) atoms. The van der Waals surface area contributed by atoms with Gasteiger partial charge in [0.2, 0.25) is 0 Å². The zero-order valence-corrected chi connectivity index (χ0v) is 14.6. The van der Waals surface area contributed by atoms with Gasteiger partial charge in [0.1, 0.15) is 0 Å². The molecule has 0 bridgehead atoms. The van der Waals surface area contributed by atoms with Gasteiger partial charge in [-0.25, -0.2) is 9.97 Å². The van der Waals surface area contributed by atoms with Crippen molar-refractivity contribution in [3.05, 3.63) is 95.7 Å². The van der Waals surface area contributed by atoms with Crippen LogP contribution in [0.4, 0.5) is 0 Å². The second-order valence-electron chi connectivity index (χ2n) is 6.74. The summed E-state index contributed by atoms with van der Waals surface area (Å²) in [5.74, 6) is 0.805. The van der Waals surface area contributed by atoms with Gasteiger partial charge in [0.05, 0.1) is 5.69 Å². The number of hydrogen-bond donors (Lipinski definition) is 0. The molecule has 1 aromatic heterocycles. The van der Waals surface area contributed by atoms with Crippen molar-refractivity contribution < 1.29 is 0 Å². The van der Waals surface area contributed by atoms with Crippen molar-refractivity contribution in [3.63, 3.8) is 0 Å². The van der Waals surface area contributed by atoms with Crippen LogP contribution in [0.5, 0.6) is 0 Å². The first-order chi connectivity index (χ1) is 12.8. The van der Waals surface area contributed by atoms with Crippen LogP contribution in [-0.2, 0) is 6.42 Å². The van der Waals surface area contributed by atoms with Crippen molar-refractivity contribution in [2.75, 3.05) is 0 Å². The Hall–Kier alpha value is -3.26. The van der Waals surface area contributed by atoms with Crippen LogP contribution in [0.3, 0.4) is 0 Å². The summed E-state index contributed by atoms with van der Waals surface area (Å²) in [7, 11) is 0. The van der Waals surface area contributed by atoms with Gasteiger partial charge in [-0.2, -0.15) is 0 Å². The molecule has 2 nitrogen and oxygen atoms in total. The van der Waals surface area contributed by atoms with Crippen molar-refractivity contribution in [2.45, 2.75) is 13.3 Å². The van der Waals surface area contributed by atoms with Crippen molar-refractivity contribution in [1.82, 2.24) is 9.97 Å². The molecule has 124 valence electrons. The normalized spacial score (nSPS) is 11.9. The second-order valence-corrected chi connectivity index (χ2v) is 6.74. The molecular formula is C24H18N2. The Morgan fingerprint density at radius 3 is 2.12 bits per heavy atom. The topological polar surface area (TPSA) is 25.8 Å². The lowest BCUT2D eigenvalue weighted by Gasteiger charge is -2.08. The number of hydrogen-bond acceptors (Lipinski definition) is 2. The highest BCUT2D eigenvalue weighted by molar-refractivity contribution is 5.80. The van der Waals surface area contributed by atoms with Gasteiger partial charge in [-0.05, 0) is 29.7 Å². The Bertz CT molecular complexity index is 1100. The third-order valence-corrected chi connectivity index (χ3v) is 5.09. The highest BCUT2D eigenvalue weighted by atomic mass is 14.9. The third kappa shape index (κ3) is 2.42. The van der Waals surface area contributed by atoms with E-state index in [9.17, 15) is 0 Å². The van der Waals surface area contributed by atoms with Crippen molar-refractivity contribution >= 4 is 0 Å². The minimum absolute atomic E-state index is 0.805. The molecule has 0 unspecified atom stereocenters. The zero-order valence-electron chi connectivity index (χ0n) is 14.6. The standard InChI is InChI=1S/C24H18N2/c1-16-21-15-20-13-12-19(17-8-4-2-5-9-17)14-22(20)23(21)26-24(25-16)18-10-6-3-7-11-18/h2-14H,15H2,1H3. The molecule has 1 aliphatic rings. The zero-order chi connectivity index (χ0) is 17.5. The Morgan fingerprint density at radius 2 is 1.38 bits per heavy atom. The van der Waals surface area contributed by atoms with Crippen LogP contribution in [0.25, 0.3) is 33.8 Å². The number of nitrogens with zero attached hydrogens (tertiary/aromatic N) is 2. The molecule has 4 aromatic rings. The van der Waals surface area contributed by atoms with Gasteiger partial charge in [-0.15, -0.1) is 0 Å². The molecule has 0 spiro atoms. The lowest BCUT2D eigenvalue weighted by Crippen LogP contribution is -1.98. The first-order valence-electron chi connectivity index (χ1n) is 8.91. The van der Waals surface area contributed by atoms with Crippen LogP contribution in [0.15, 0.2) is 78.9 Å². The molecule has 0 radical (unpaired) electrons. The van der Waals surface area contributed by atoms with Crippen molar-refractivity contribution in [2.24, 2.45) is 0 Å². The predicted molar refractivity (Wildman–Crippen MR) is 106 cm³/mol. The van der Waals surface area contributed by atoms with Crippen molar-refractivity contribution in [3.8, 4) is 33.8 Å². The first-order valence-corrected chi connectivity index (χ1v) is 8.91. The van der Waals surface area contributed by atoms with E-state index in [2.05, 4.69) is 67.6 Å². The second kappa shape index (κ2) is 5.92. The Balaban J connectivity index is 1.67. The van der Waals surface area contributed by atoms with Crippen LogP contribution in [0, 0.1) is 6.92 Å². The SMILES string of the molecule is Cc1nc(-c2ccccc2)nc2c1Cc1ccc(-c3ccccc3)cc1-2. The first kappa shape index (κ1) is 15.0. The Morgan fingerprint density at radius 1 is 0.692 bits per heavy atom. The number of benzene rings is 3. The predicted octanol–water partition coefficient (Wildman–Crippen LogP) is 5.69. The summed E-state index contributed by atoms with van der Waals surface area (Å²) in [4.78, 5) is 9.72. The maximum Gasteiger partial charge on any atom is 0.160 e. The average Bonchev–Trinajstić information content (AvgIpc) is 3.08. The number of rotatable bonds is 2. The molecule has 0 amide bonds. The molecule has 2 heteroatoms. The van der Waals surface area contributed by atoms with Gasteiger partial charge in [-0.1, -0.05) is 72.8 Å². The minimum atomic E-state index is 0.805. The lowest BCUT2D eigenvalue weighted by atomic mass is 10.0. The van der Waals surface area contributed by atoms with E-state index < -0.39 is 0 Å². The summed E-state index contributed by atoms with van der Waals surface area (Å²) in [5.41, 5.74) is 9.52. The molecule has 1 heterocycles. The van der Waals surface area contributed by atoms with E-state index in [1.54, 1.807) is 0 Å². The quantitative estimate of drug-likeness (QED) is 0.414. The number of fused-ring (bicyclic) bond motifs is 3. The van der Waals surface area contributed by atoms with Crippen LogP contribution >= 0.6 is 0 Å². The fourth-order valence-electron chi connectivity index (χ4n) is 3.70. The largest absolute Gasteiger partial charge is 0.233 e. The summed E-state index contributed by atoms with van der Waals surface area (Å²) in [6.45, 7) is 2.09. The summed E-state index contributed by atoms with van der Waals surface area (Å²) in [6.07, 6.45) is 0.917. The molecule has 5 rings (SSSR count). The van der Waals surface area contributed by atoms with E-state index in [1.165, 1.54) is 27.8 Å². The highest BCUT2D eigenvalue weighted by Crippen LogP contribution is 2.39. The van der Waals surface area contributed by atoms with Gasteiger partial charge in [-0.3, -0.25) is 0 Å². The van der Waals surface area contributed by atoms with Gasteiger partial charge in [0, 0.05) is 28.8 Å². The molecule has 0 fully saturated rings. The van der Waals surface area contributed by atoms with E-state index >= 15 is 0 Å². The maximum absolute atomic E-state index is 4.95. The van der Waals surface area contributed by atoms with E-state index in [1.807, 2.05) is 18.2 Å². The molecule has 0 atom stereocenters. The van der Waals surface area contributed by atoms with Gasteiger partial charge in [0.15, 0.2) is 5.82 Å². The molecule has 0 aliphatic heterocycles. The molecule has 0 N–H and O–H groups in total. The molecule has 0 saturated heterocycles. The summed E-state index contributed by atoms with van der Waals surface area (Å²) in [5, 5.41) is 0. The van der Waals surface area contributed by atoms with Crippen molar-refractivity contribution in [1.29, 1.82) is 0 Å².